The number of piperidine rings is 1. The van der Waals surface area contributed by atoms with Crippen LogP contribution in [-0.4, -0.2) is 27.6 Å². The Kier molecular flexibility index (Phi) is 5.24. The SMILES string of the molecule is O=S(=O)(OC1CCN(c2ccccc2)CC1)c1ccc(C(F)(F)F)cc1. The van der Waals surface area contributed by atoms with Gasteiger partial charge in [0.1, 0.15) is 0 Å². The van der Waals surface area contributed by atoms with E-state index >= 15 is 0 Å². The van der Waals surface area contributed by atoms with Gasteiger partial charge in [0.25, 0.3) is 10.1 Å². The Bertz CT molecular complexity index is 828. The summed E-state index contributed by atoms with van der Waals surface area (Å²) in [5.74, 6) is 0. The number of hydrogen-bond acceptors (Lipinski definition) is 4. The zero-order valence-corrected chi connectivity index (χ0v) is 14.6. The molecule has 2 aromatic rings. The molecule has 140 valence electrons. The van der Waals surface area contributed by atoms with Crippen molar-refractivity contribution in [3.8, 4) is 0 Å². The molecule has 1 saturated heterocycles. The number of rotatable bonds is 4. The van der Waals surface area contributed by atoms with Gasteiger partial charge in [-0.2, -0.15) is 21.6 Å². The molecular weight excluding hydrogens is 367 g/mol. The van der Waals surface area contributed by atoms with Crippen LogP contribution in [0.25, 0.3) is 0 Å². The second kappa shape index (κ2) is 7.28. The molecule has 2 aromatic carbocycles. The molecule has 4 nitrogen and oxygen atoms in total. The third-order valence-corrected chi connectivity index (χ3v) is 5.67. The highest BCUT2D eigenvalue weighted by Crippen LogP contribution is 2.30. The fraction of sp³-hybridized carbons (Fsp3) is 0.333. The van der Waals surface area contributed by atoms with Gasteiger partial charge in [-0.15, -0.1) is 0 Å². The topological polar surface area (TPSA) is 46.6 Å². The maximum Gasteiger partial charge on any atom is 0.416 e. The first-order valence-electron chi connectivity index (χ1n) is 8.16. The van der Waals surface area contributed by atoms with Crippen LogP contribution in [0, 0.1) is 0 Å². The van der Waals surface area contributed by atoms with Gasteiger partial charge in [-0.05, 0) is 49.2 Å². The lowest BCUT2D eigenvalue weighted by Gasteiger charge is -2.33. The Labute approximate surface area is 150 Å². The summed E-state index contributed by atoms with van der Waals surface area (Å²) in [7, 11) is -4.09. The average Bonchev–Trinajstić information content (AvgIpc) is 2.62. The predicted molar refractivity (Wildman–Crippen MR) is 91.4 cm³/mol. The van der Waals surface area contributed by atoms with E-state index in [0.29, 0.717) is 25.9 Å². The molecule has 0 aromatic heterocycles. The lowest BCUT2D eigenvalue weighted by molar-refractivity contribution is -0.137. The van der Waals surface area contributed by atoms with E-state index in [-0.39, 0.29) is 4.90 Å². The van der Waals surface area contributed by atoms with Crippen molar-refractivity contribution in [3.63, 3.8) is 0 Å². The quantitative estimate of drug-likeness (QED) is 0.744. The second-order valence-corrected chi connectivity index (χ2v) is 7.67. The normalized spacial score (nSPS) is 16.7. The number of anilines is 1. The first-order chi connectivity index (χ1) is 12.3. The Morgan fingerprint density at radius 3 is 2.04 bits per heavy atom. The van der Waals surface area contributed by atoms with E-state index in [2.05, 4.69) is 4.90 Å². The smallest absolute Gasteiger partial charge is 0.371 e. The van der Waals surface area contributed by atoms with E-state index in [1.165, 1.54) is 0 Å². The van der Waals surface area contributed by atoms with E-state index in [9.17, 15) is 21.6 Å². The minimum atomic E-state index is -4.51. The molecule has 1 heterocycles. The van der Waals surface area contributed by atoms with E-state index in [1.807, 2.05) is 30.3 Å². The van der Waals surface area contributed by atoms with Crippen molar-refractivity contribution in [1.29, 1.82) is 0 Å². The summed E-state index contributed by atoms with van der Waals surface area (Å²) >= 11 is 0. The minimum Gasteiger partial charge on any atom is -0.371 e. The third-order valence-electron chi connectivity index (χ3n) is 4.30. The molecule has 0 atom stereocenters. The van der Waals surface area contributed by atoms with Gasteiger partial charge in [-0.1, -0.05) is 18.2 Å². The summed E-state index contributed by atoms with van der Waals surface area (Å²) in [5.41, 5.74) is 0.171. The standard InChI is InChI=1S/C18H18F3NO3S/c19-18(20,21)14-6-8-17(9-7-14)26(23,24)25-16-10-12-22(13-11-16)15-4-2-1-3-5-15/h1-9,16H,10-13H2. The van der Waals surface area contributed by atoms with Crippen LogP contribution in [0.1, 0.15) is 18.4 Å². The van der Waals surface area contributed by atoms with Crippen LogP contribution >= 0.6 is 0 Å². The molecular formula is C18H18F3NO3S. The summed E-state index contributed by atoms with van der Waals surface area (Å²) in [6, 6.07) is 13.1. The van der Waals surface area contributed by atoms with Crippen LogP contribution in [0.5, 0.6) is 0 Å². The molecule has 1 aliphatic heterocycles. The summed E-state index contributed by atoms with van der Waals surface area (Å²) < 4.78 is 67.6. The minimum absolute atomic E-state index is 0.268. The van der Waals surface area contributed by atoms with E-state index < -0.39 is 28.0 Å². The molecule has 0 saturated carbocycles. The van der Waals surface area contributed by atoms with Crippen LogP contribution in [0.4, 0.5) is 18.9 Å². The van der Waals surface area contributed by atoms with Gasteiger partial charge in [-0.3, -0.25) is 4.18 Å². The summed E-state index contributed by atoms with van der Waals surface area (Å²) in [5, 5.41) is 0. The highest BCUT2D eigenvalue weighted by molar-refractivity contribution is 7.86. The van der Waals surface area contributed by atoms with Crippen molar-refractivity contribution in [2.45, 2.75) is 30.0 Å². The van der Waals surface area contributed by atoms with Crippen LogP contribution in [0.3, 0.4) is 0 Å². The van der Waals surface area contributed by atoms with Gasteiger partial charge in [0.05, 0.1) is 16.6 Å². The summed E-state index contributed by atoms with van der Waals surface area (Å²) in [4.78, 5) is 1.88. The summed E-state index contributed by atoms with van der Waals surface area (Å²) in [6.07, 6.45) is -3.95. The van der Waals surface area contributed by atoms with E-state index in [0.717, 1.165) is 30.0 Å². The Morgan fingerprint density at radius 2 is 1.50 bits per heavy atom. The van der Waals surface area contributed by atoms with Crippen LogP contribution < -0.4 is 4.90 Å². The fourth-order valence-corrected chi connectivity index (χ4v) is 4.03. The molecule has 0 bridgehead atoms. The molecule has 1 fully saturated rings. The maximum atomic E-state index is 12.6. The van der Waals surface area contributed by atoms with Gasteiger partial charge in [0, 0.05) is 18.8 Å². The first kappa shape index (κ1) is 18.7. The Balaban J connectivity index is 1.62. The van der Waals surface area contributed by atoms with Crippen LogP contribution in [0.2, 0.25) is 0 Å². The predicted octanol–water partition coefficient (Wildman–Crippen LogP) is 4.08. The van der Waals surface area contributed by atoms with Crippen molar-refractivity contribution >= 4 is 15.8 Å². The molecule has 0 aliphatic carbocycles. The number of alkyl halides is 3. The number of benzene rings is 2. The van der Waals surface area contributed by atoms with E-state index in [1.54, 1.807) is 0 Å². The van der Waals surface area contributed by atoms with Gasteiger partial charge >= 0.3 is 6.18 Å². The lowest BCUT2D eigenvalue weighted by atomic mass is 10.1. The monoisotopic (exact) mass is 385 g/mol. The molecule has 8 heteroatoms. The van der Waals surface area contributed by atoms with Gasteiger partial charge < -0.3 is 4.90 Å². The third kappa shape index (κ3) is 4.37. The van der Waals surface area contributed by atoms with Crippen molar-refractivity contribution < 1.29 is 25.8 Å². The first-order valence-corrected chi connectivity index (χ1v) is 9.57. The molecule has 0 radical (unpaired) electrons. The van der Waals surface area contributed by atoms with Crippen LogP contribution in [-0.2, 0) is 20.5 Å². The number of halogens is 3. The fourth-order valence-electron chi connectivity index (χ4n) is 2.89. The molecule has 0 spiro atoms. The molecule has 3 rings (SSSR count). The molecule has 1 aliphatic rings. The number of para-hydroxylation sites is 1. The number of nitrogens with zero attached hydrogens (tertiary/aromatic N) is 1. The Hall–Kier alpha value is -2.06. The largest absolute Gasteiger partial charge is 0.416 e. The lowest BCUT2D eigenvalue weighted by Crippen LogP contribution is -2.37. The zero-order chi connectivity index (χ0) is 18.8. The highest BCUT2D eigenvalue weighted by atomic mass is 32.2. The van der Waals surface area contributed by atoms with Crippen molar-refractivity contribution in [2.75, 3.05) is 18.0 Å². The number of hydrogen-bond donors (Lipinski definition) is 0. The molecule has 0 N–H and O–H groups in total. The van der Waals surface area contributed by atoms with Crippen molar-refractivity contribution in [3.05, 3.63) is 60.2 Å². The highest BCUT2D eigenvalue weighted by Gasteiger charge is 2.31. The average molecular weight is 385 g/mol. The van der Waals surface area contributed by atoms with Gasteiger partial charge in [0.15, 0.2) is 0 Å². The zero-order valence-electron chi connectivity index (χ0n) is 13.8. The van der Waals surface area contributed by atoms with E-state index in [4.69, 9.17) is 4.18 Å². The van der Waals surface area contributed by atoms with Gasteiger partial charge in [-0.25, -0.2) is 0 Å². The molecule has 0 unspecified atom stereocenters. The van der Waals surface area contributed by atoms with Gasteiger partial charge in [0.2, 0.25) is 0 Å². The maximum absolute atomic E-state index is 12.6. The molecule has 26 heavy (non-hydrogen) atoms. The van der Waals surface area contributed by atoms with Crippen LogP contribution in [0.15, 0.2) is 59.5 Å². The van der Waals surface area contributed by atoms with Crippen molar-refractivity contribution in [2.24, 2.45) is 0 Å². The summed E-state index contributed by atoms with van der Waals surface area (Å²) in [6.45, 7) is 1.30. The second-order valence-electron chi connectivity index (χ2n) is 6.09. The Morgan fingerprint density at radius 1 is 0.923 bits per heavy atom. The van der Waals surface area contributed by atoms with Crippen molar-refractivity contribution in [1.82, 2.24) is 0 Å². The molecule has 0 amide bonds.